The van der Waals surface area contributed by atoms with Crippen LogP contribution in [0.4, 0.5) is 34.1 Å². The Balaban J connectivity index is 1.35. The van der Waals surface area contributed by atoms with Crippen molar-refractivity contribution >= 4 is 55.7 Å². The summed E-state index contributed by atoms with van der Waals surface area (Å²) in [5.74, 6) is 0. The van der Waals surface area contributed by atoms with E-state index in [0.29, 0.717) is 0 Å². The van der Waals surface area contributed by atoms with Crippen molar-refractivity contribution in [3.63, 3.8) is 0 Å². The van der Waals surface area contributed by atoms with E-state index in [4.69, 9.17) is 0 Å². The molecule has 2 nitrogen and oxygen atoms in total. The standard InChI is InChI=1S/C62H60N2/c1-9-43-27-31-49(32-28-43)63(51-25-17-23-47(39-51)61(3,4)5)53-35-37-55-57(41-53)59(45-19-13-11-14-20-45)56-38-36-54(42-58(56)60(55)46-21-15-12-16-22-46)64(50-33-29-44(10-2)30-34-50)52-26-18-24-48(40-52)62(6,7)8/h11-42H,9-10H2,1-8H3. The van der Waals surface area contributed by atoms with Crippen molar-refractivity contribution in [2.24, 2.45) is 0 Å². The number of rotatable bonds is 10. The predicted molar refractivity (Wildman–Crippen MR) is 278 cm³/mol. The molecule has 64 heavy (non-hydrogen) atoms. The van der Waals surface area contributed by atoms with Crippen LogP contribution < -0.4 is 9.80 Å². The minimum Gasteiger partial charge on any atom is -0.310 e. The van der Waals surface area contributed by atoms with Gasteiger partial charge in [0.05, 0.1) is 0 Å². The molecule has 0 saturated carbocycles. The Labute approximate surface area is 381 Å². The fourth-order valence-corrected chi connectivity index (χ4v) is 9.19. The van der Waals surface area contributed by atoms with E-state index in [1.54, 1.807) is 0 Å². The van der Waals surface area contributed by atoms with Crippen molar-refractivity contribution in [1.29, 1.82) is 0 Å². The fraction of sp³-hybridized carbons (Fsp3) is 0.194. The first kappa shape index (κ1) is 42.4. The Bertz CT molecular complexity index is 2850. The third-order valence-corrected chi connectivity index (χ3v) is 12.9. The first-order valence-electron chi connectivity index (χ1n) is 23.0. The lowest BCUT2D eigenvalue weighted by molar-refractivity contribution is 0.590. The monoisotopic (exact) mass is 832 g/mol. The summed E-state index contributed by atoms with van der Waals surface area (Å²) in [6.07, 6.45) is 2.00. The van der Waals surface area contributed by atoms with E-state index in [9.17, 15) is 0 Å². The fourth-order valence-electron chi connectivity index (χ4n) is 9.19. The molecule has 9 aromatic rings. The van der Waals surface area contributed by atoms with E-state index >= 15 is 0 Å². The van der Waals surface area contributed by atoms with E-state index in [-0.39, 0.29) is 10.8 Å². The van der Waals surface area contributed by atoms with Gasteiger partial charge in [-0.05, 0) is 163 Å². The highest BCUT2D eigenvalue weighted by Crippen LogP contribution is 2.49. The Morgan fingerprint density at radius 3 is 1.00 bits per heavy atom. The summed E-state index contributed by atoms with van der Waals surface area (Å²) >= 11 is 0. The van der Waals surface area contributed by atoms with Gasteiger partial charge in [-0.25, -0.2) is 0 Å². The average molecular weight is 833 g/mol. The largest absolute Gasteiger partial charge is 0.310 e. The van der Waals surface area contributed by atoms with Crippen LogP contribution in [-0.2, 0) is 23.7 Å². The normalized spacial score (nSPS) is 11.9. The lowest BCUT2D eigenvalue weighted by Gasteiger charge is -2.30. The van der Waals surface area contributed by atoms with Crippen LogP contribution in [0, 0.1) is 0 Å². The topological polar surface area (TPSA) is 6.48 Å². The van der Waals surface area contributed by atoms with Gasteiger partial charge >= 0.3 is 0 Å². The second-order valence-electron chi connectivity index (χ2n) is 19.3. The number of nitrogens with zero attached hydrogens (tertiary/aromatic N) is 2. The molecule has 0 aliphatic rings. The molecule has 0 fully saturated rings. The van der Waals surface area contributed by atoms with Crippen LogP contribution in [0.5, 0.6) is 0 Å². The van der Waals surface area contributed by atoms with Gasteiger partial charge in [-0.1, -0.05) is 177 Å². The lowest BCUT2D eigenvalue weighted by atomic mass is 9.85. The van der Waals surface area contributed by atoms with Crippen LogP contribution in [0.1, 0.15) is 77.6 Å². The van der Waals surface area contributed by atoms with Crippen LogP contribution in [-0.4, -0.2) is 0 Å². The van der Waals surface area contributed by atoms with Crippen LogP contribution in [0.15, 0.2) is 194 Å². The Morgan fingerprint density at radius 2 is 0.656 bits per heavy atom. The molecule has 0 unspecified atom stereocenters. The molecule has 0 aromatic heterocycles. The maximum Gasteiger partial charge on any atom is 0.0468 e. The molecule has 318 valence electrons. The van der Waals surface area contributed by atoms with Gasteiger partial charge in [-0.2, -0.15) is 0 Å². The summed E-state index contributed by atoms with van der Waals surface area (Å²) in [5.41, 5.74) is 16.9. The maximum absolute atomic E-state index is 2.44. The predicted octanol–water partition coefficient (Wildman–Crippen LogP) is 18.0. The molecule has 0 atom stereocenters. The third-order valence-electron chi connectivity index (χ3n) is 12.9. The van der Waals surface area contributed by atoms with Crippen LogP contribution in [0.25, 0.3) is 43.8 Å². The van der Waals surface area contributed by atoms with Crippen molar-refractivity contribution in [2.75, 3.05) is 9.80 Å². The zero-order valence-electron chi connectivity index (χ0n) is 38.8. The van der Waals surface area contributed by atoms with Gasteiger partial charge in [0.25, 0.3) is 0 Å². The first-order valence-corrected chi connectivity index (χ1v) is 23.0. The zero-order chi connectivity index (χ0) is 44.6. The summed E-state index contributed by atoms with van der Waals surface area (Å²) in [4.78, 5) is 4.87. The number of fused-ring (bicyclic) bond motifs is 2. The molecule has 0 radical (unpaired) electrons. The smallest absolute Gasteiger partial charge is 0.0468 e. The summed E-state index contributed by atoms with van der Waals surface area (Å²) in [7, 11) is 0. The highest BCUT2D eigenvalue weighted by molar-refractivity contribution is 6.22. The molecule has 9 rings (SSSR count). The second-order valence-corrected chi connectivity index (χ2v) is 19.3. The number of anilines is 6. The van der Waals surface area contributed by atoms with E-state index < -0.39 is 0 Å². The third kappa shape index (κ3) is 8.33. The molecule has 0 spiro atoms. The number of hydrogen-bond acceptors (Lipinski definition) is 2. The van der Waals surface area contributed by atoms with Crippen LogP contribution >= 0.6 is 0 Å². The average Bonchev–Trinajstić information content (AvgIpc) is 3.31. The van der Waals surface area contributed by atoms with Crippen molar-refractivity contribution in [3.8, 4) is 22.3 Å². The van der Waals surface area contributed by atoms with Crippen LogP contribution in [0.3, 0.4) is 0 Å². The summed E-state index contributed by atoms with van der Waals surface area (Å²) in [5, 5.41) is 4.87. The Morgan fingerprint density at radius 1 is 0.312 bits per heavy atom. The molecule has 0 bridgehead atoms. The first-order chi connectivity index (χ1) is 30.9. The van der Waals surface area contributed by atoms with E-state index in [0.717, 1.165) is 47.0 Å². The molecule has 0 aliphatic carbocycles. The van der Waals surface area contributed by atoms with E-state index in [1.807, 2.05) is 0 Å². The summed E-state index contributed by atoms with van der Waals surface area (Å²) in [6.45, 7) is 18.2. The van der Waals surface area contributed by atoms with Gasteiger partial charge in [0, 0.05) is 34.1 Å². The molecule has 2 heteroatoms. The van der Waals surface area contributed by atoms with Gasteiger partial charge in [0.15, 0.2) is 0 Å². The molecular weight excluding hydrogens is 773 g/mol. The zero-order valence-corrected chi connectivity index (χ0v) is 38.8. The Kier molecular flexibility index (Phi) is 11.5. The van der Waals surface area contributed by atoms with Crippen molar-refractivity contribution in [3.05, 3.63) is 216 Å². The van der Waals surface area contributed by atoms with Gasteiger partial charge in [-0.15, -0.1) is 0 Å². The molecule has 0 amide bonds. The van der Waals surface area contributed by atoms with E-state index in [2.05, 4.69) is 259 Å². The number of hydrogen-bond donors (Lipinski definition) is 0. The lowest BCUT2D eigenvalue weighted by Crippen LogP contribution is -2.14. The van der Waals surface area contributed by atoms with Gasteiger partial charge in [-0.3, -0.25) is 0 Å². The highest BCUT2D eigenvalue weighted by Gasteiger charge is 2.24. The minimum atomic E-state index is 0.00387. The van der Waals surface area contributed by atoms with E-state index in [1.165, 1.54) is 66.1 Å². The highest BCUT2D eigenvalue weighted by atomic mass is 15.1. The van der Waals surface area contributed by atoms with Crippen molar-refractivity contribution in [2.45, 2.75) is 79.1 Å². The second kappa shape index (κ2) is 17.3. The van der Waals surface area contributed by atoms with Crippen molar-refractivity contribution < 1.29 is 0 Å². The SMILES string of the molecule is CCc1ccc(N(c2cccc(C(C)(C)C)c2)c2ccc3c(-c4ccccc4)c4cc(N(c5ccc(CC)cc5)c5cccc(C(C)(C)C)c5)ccc4c(-c4ccccc4)c3c2)cc1. The maximum atomic E-state index is 2.44. The summed E-state index contributed by atoms with van der Waals surface area (Å²) < 4.78 is 0. The Hall–Kier alpha value is -6.90. The number of benzene rings is 9. The van der Waals surface area contributed by atoms with Crippen LogP contribution in [0.2, 0.25) is 0 Å². The molecule has 9 aromatic carbocycles. The molecule has 0 saturated heterocycles. The number of aryl methyl sites for hydroxylation is 2. The van der Waals surface area contributed by atoms with Gasteiger partial charge < -0.3 is 9.80 Å². The van der Waals surface area contributed by atoms with Crippen molar-refractivity contribution in [1.82, 2.24) is 0 Å². The quantitative estimate of drug-likeness (QED) is 0.127. The molecule has 0 heterocycles. The summed E-state index contributed by atoms with van der Waals surface area (Å²) in [6, 6.07) is 72.6. The van der Waals surface area contributed by atoms with Gasteiger partial charge in [0.2, 0.25) is 0 Å². The molecular formula is C62H60N2. The molecule has 0 N–H and O–H groups in total. The molecule has 0 aliphatic heterocycles. The van der Waals surface area contributed by atoms with Gasteiger partial charge in [0.1, 0.15) is 0 Å². The minimum absolute atomic E-state index is 0.00387.